The summed E-state index contributed by atoms with van der Waals surface area (Å²) >= 11 is 0. The molecule has 4 heterocycles. The molecule has 2 aliphatic heterocycles. The Balaban J connectivity index is 1.37. The van der Waals surface area contributed by atoms with Gasteiger partial charge in [-0.25, -0.2) is 15.0 Å². The number of aryl methyl sites for hydroxylation is 1. The van der Waals surface area contributed by atoms with Crippen molar-refractivity contribution in [2.75, 3.05) is 35.2 Å². The first kappa shape index (κ1) is 20.1. The van der Waals surface area contributed by atoms with Crippen molar-refractivity contribution in [1.29, 1.82) is 5.26 Å². The molecule has 0 radical (unpaired) electrons. The van der Waals surface area contributed by atoms with Crippen molar-refractivity contribution in [3.63, 3.8) is 0 Å². The number of rotatable bonds is 4. The molecule has 0 fully saturated rings. The maximum Gasteiger partial charge on any atom is 0.237 e. The van der Waals surface area contributed by atoms with Crippen molar-refractivity contribution in [3.8, 4) is 11.9 Å². The number of fused-ring (bicyclic) bond motifs is 2. The van der Waals surface area contributed by atoms with Gasteiger partial charge in [-0.1, -0.05) is 6.07 Å². The smallest absolute Gasteiger partial charge is 0.237 e. The van der Waals surface area contributed by atoms with Gasteiger partial charge >= 0.3 is 0 Å². The fourth-order valence-corrected chi connectivity index (χ4v) is 4.28. The van der Waals surface area contributed by atoms with Crippen molar-refractivity contribution in [2.24, 2.45) is 0 Å². The summed E-state index contributed by atoms with van der Waals surface area (Å²) in [4.78, 5) is 16.2. The molecule has 0 bridgehead atoms. The highest BCUT2D eigenvalue weighted by atomic mass is 16.5. The summed E-state index contributed by atoms with van der Waals surface area (Å²) in [6.45, 7) is 7.15. The van der Waals surface area contributed by atoms with Crippen molar-refractivity contribution < 1.29 is 4.74 Å². The quantitative estimate of drug-likeness (QED) is 0.651. The highest BCUT2D eigenvalue weighted by Gasteiger charge is 2.24. The van der Waals surface area contributed by atoms with Crippen LogP contribution < -0.4 is 20.3 Å². The molecule has 2 aromatic heterocycles. The fraction of sp³-hybridized carbons (Fsp3) is 0.333. The van der Waals surface area contributed by atoms with E-state index in [2.05, 4.69) is 38.5 Å². The Hall–Kier alpha value is -3.86. The Morgan fingerprint density at radius 2 is 2.16 bits per heavy atom. The Morgan fingerprint density at radius 3 is 3.00 bits per heavy atom. The lowest BCUT2D eigenvalue weighted by Gasteiger charge is -2.32. The second-order valence-corrected chi connectivity index (χ2v) is 8.16. The third kappa shape index (κ3) is 3.78. The summed E-state index contributed by atoms with van der Waals surface area (Å²) in [5.41, 5.74) is 8.47. The van der Waals surface area contributed by atoms with E-state index in [0.717, 1.165) is 59.0 Å². The molecule has 8 heteroatoms. The van der Waals surface area contributed by atoms with Gasteiger partial charge in [0.2, 0.25) is 11.8 Å². The molecule has 5 rings (SSSR count). The Kier molecular flexibility index (Phi) is 5.23. The van der Waals surface area contributed by atoms with E-state index in [0.29, 0.717) is 31.4 Å². The predicted octanol–water partition coefficient (Wildman–Crippen LogP) is 3.67. The van der Waals surface area contributed by atoms with Gasteiger partial charge in [0.15, 0.2) is 0 Å². The summed E-state index contributed by atoms with van der Waals surface area (Å²) in [5.74, 6) is 1.26. The van der Waals surface area contributed by atoms with Gasteiger partial charge in [-0.3, -0.25) is 0 Å². The summed E-state index contributed by atoms with van der Waals surface area (Å²) in [7, 11) is 0. The predicted molar refractivity (Wildman–Crippen MR) is 124 cm³/mol. The molecule has 1 aromatic carbocycles. The Labute approximate surface area is 187 Å². The van der Waals surface area contributed by atoms with Crippen LogP contribution in [0.3, 0.4) is 0 Å². The van der Waals surface area contributed by atoms with E-state index >= 15 is 0 Å². The third-order valence-corrected chi connectivity index (χ3v) is 6.07. The van der Waals surface area contributed by atoms with Crippen molar-refractivity contribution in [1.82, 2.24) is 15.0 Å². The van der Waals surface area contributed by atoms with E-state index in [-0.39, 0.29) is 0 Å². The van der Waals surface area contributed by atoms with Crippen LogP contribution in [0.15, 0.2) is 30.6 Å². The van der Waals surface area contributed by atoms with Crippen LogP contribution in [-0.4, -0.2) is 34.6 Å². The summed E-state index contributed by atoms with van der Waals surface area (Å²) < 4.78 is 5.67. The molecule has 0 unspecified atom stereocenters. The second-order valence-electron chi connectivity index (χ2n) is 8.16. The van der Waals surface area contributed by atoms with Crippen molar-refractivity contribution in [3.05, 3.63) is 58.5 Å². The van der Waals surface area contributed by atoms with Crippen LogP contribution >= 0.6 is 0 Å². The third-order valence-electron chi connectivity index (χ3n) is 6.07. The van der Waals surface area contributed by atoms with E-state index in [4.69, 9.17) is 15.0 Å². The summed E-state index contributed by atoms with van der Waals surface area (Å²) in [6, 6.07) is 8.17. The first-order valence-electron chi connectivity index (χ1n) is 10.8. The zero-order valence-corrected chi connectivity index (χ0v) is 18.3. The molecule has 0 spiro atoms. The molecule has 0 saturated heterocycles. The zero-order chi connectivity index (χ0) is 22.1. The van der Waals surface area contributed by atoms with Gasteiger partial charge in [0.25, 0.3) is 0 Å². The van der Waals surface area contributed by atoms with Gasteiger partial charge in [0.1, 0.15) is 12.3 Å². The SMILES string of the molecule is Cc1cc(Nc2ncc3c(n2)CN(c2cnc4c(c2C)NCCO4)CC3)ccc1CC#N. The van der Waals surface area contributed by atoms with E-state index in [1.165, 1.54) is 5.56 Å². The summed E-state index contributed by atoms with van der Waals surface area (Å²) in [5, 5.41) is 15.7. The van der Waals surface area contributed by atoms with Gasteiger partial charge in [0.05, 0.1) is 36.6 Å². The van der Waals surface area contributed by atoms with E-state index < -0.39 is 0 Å². The number of hydrogen-bond donors (Lipinski definition) is 2. The van der Waals surface area contributed by atoms with Crippen LogP contribution in [0.4, 0.5) is 23.0 Å². The molecule has 3 aromatic rings. The number of anilines is 4. The van der Waals surface area contributed by atoms with Crippen molar-refractivity contribution >= 4 is 23.0 Å². The maximum atomic E-state index is 8.94. The van der Waals surface area contributed by atoms with Gasteiger partial charge < -0.3 is 20.3 Å². The first-order valence-corrected chi connectivity index (χ1v) is 10.8. The van der Waals surface area contributed by atoms with Crippen LogP contribution in [0.2, 0.25) is 0 Å². The molecule has 162 valence electrons. The lowest BCUT2D eigenvalue weighted by atomic mass is 10.0. The molecule has 8 nitrogen and oxygen atoms in total. The molecule has 32 heavy (non-hydrogen) atoms. The average Bonchev–Trinajstić information content (AvgIpc) is 2.81. The normalized spacial score (nSPS) is 14.5. The van der Waals surface area contributed by atoms with Crippen LogP contribution in [0.5, 0.6) is 5.88 Å². The van der Waals surface area contributed by atoms with Crippen LogP contribution in [-0.2, 0) is 19.4 Å². The zero-order valence-electron chi connectivity index (χ0n) is 18.3. The molecule has 0 atom stereocenters. The number of hydrogen-bond acceptors (Lipinski definition) is 8. The molecule has 0 amide bonds. The number of aromatic nitrogens is 3. The number of nitriles is 1. The molecule has 0 saturated carbocycles. The first-order chi connectivity index (χ1) is 15.6. The standard InChI is InChI=1S/C24H25N7O/c1-15-11-19(4-3-17(15)5-7-25)29-24-28-12-18-6-9-31(14-20(18)30-24)21-13-27-23-22(16(21)2)26-8-10-32-23/h3-4,11-13,26H,5-6,8-10,14H2,1-2H3,(H,28,29,30). The average molecular weight is 428 g/mol. The highest BCUT2D eigenvalue weighted by Crippen LogP contribution is 2.36. The van der Waals surface area contributed by atoms with Gasteiger partial charge in [0, 0.05) is 30.5 Å². The number of benzene rings is 1. The molecule has 2 aliphatic rings. The van der Waals surface area contributed by atoms with E-state index in [9.17, 15) is 0 Å². The number of ether oxygens (including phenoxy) is 1. The van der Waals surface area contributed by atoms with Gasteiger partial charge in [-0.15, -0.1) is 0 Å². The van der Waals surface area contributed by atoms with Crippen molar-refractivity contribution in [2.45, 2.75) is 33.2 Å². The topological polar surface area (TPSA) is 99.0 Å². The largest absolute Gasteiger partial charge is 0.474 e. The van der Waals surface area contributed by atoms with Crippen LogP contribution in [0.1, 0.15) is 27.9 Å². The van der Waals surface area contributed by atoms with Crippen LogP contribution in [0, 0.1) is 25.2 Å². The maximum absolute atomic E-state index is 8.94. The van der Waals surface area contributed by atoms with E-state index in [1.54, 1.807) is 0 Å². The highest BCUT2D eigenvalue weighted by molar-refractivity contribution is 5.70. The molecular weight excluding hydrogens is 402 g/mol. The van der Waals surface area contributed by atoms with Gasteiger partial charge in [-0.2, -0.15) is 5.26 Å². The van der Waals surface area contributed by atoms with Gasteiger partial charge in [-0.05, 0) is 49.1 Å². The minimum atomic E-state index is 0.413. The second kappa shape index (κ2) is 8.35. The molecule has 2 N–H and O–H groups in total. The fourth-order valence-electron chi connectivity index (χ4n) is 4.28. The number of nitrogens with one attached hydrogen (secondary N) is 2. The minimum Gasteiger partial charge on any atom is -0.474 e. The Bertz CT molecular complexity index is 1220. The number of pyridine rings is 1. The lowest BCUT2D eigenvalue weighted by molar-refractivity contribution is 0.310. The molecular formula is C24H25N7O. The van der Waals surface area contributed by atoms with Crippen LogP contribution in [0.25, 0.3) is 0 Å². The lowest BCUT2D eigenvalue weighted by Crippen LogP contribution is -2.32. The molecule has 0 aliphatic carbocycles. The minimum absolute atomic E-state index is 0.413. The Morgan fingerprint density at radius 1 is 1.25 bits per heavy atom. The van der Waals surface area contributed by atoms with E-state index in [1.807, 2.05) is 37.5 Å². The summed E-state index contributed by atoms with van der Waals surface area (Å²) in [6.07, 6.45) is 5.12. The number of nitrogens with zero attached hydrogens (tertiary/aromatic N) is 5. The monoisotopic (exact) mass is 427 g/mol.